The molecule has 0 spiro atoms. The summed E-state index contributed by atoms with van der Waals surface area (Å²) in [6.45, 7) is 0. The van der Waals surface area contributed by atoms with Gasteiger partial charge in [0.2, 0.25) is 0 Å². The number of halogens is 1. The van der Waals surface area contributed by atoms with Gasteiger partial charge in [-0.1, -0.05) is 11.6 Å². The molecule has 64 valence electrons. The standard InChI is InChI=1S/C9H6ClN3/c1-2-3-6-4-11-9-7(6)8(10)12-5-13-9/h1,4-5H,3H2,(H,11,12,13). The number of rotatable bonds is 1. The molecule has 2 rings (SSSR count). The topological polar surface area (TPSA) is 41.6 Å². The lowest BCUT2D eigenvalue weighted by Crippen LogP contribution is -1.83. The number of aromatic amines is 1. The van der Waals surface area contributed by atoms with Crippen LogP contribution in [0.25, 0.3) is 11.0 Å². The van der Waals surface area contributed by atoms with E-state index in [0.717, 1.165) is 16.6 Å². The van der Waals surface area contributed by atoms with Crippen LogP contribution in [-0.2, 0) is 6.42 Å². The highest BCUT2D eigenvalue weighted by molar-refractivity contribution is 6.34. The first-order chi connectivity index (χ1) is 6.33. The minimum atomic E-state index is 0.441. The van der Waals surface area contributed by atoms with Crippen LogP contribution in [0.3, 0.4) is 0 Å². The molecule has 0 aromatic carbocycles. The summed E-state index contributed by atoms with van der Waals surface area (Å²) < 4.78 is 0. The van der Waals surface area contributed by atoms with Crippen LogP contribution in [0.1, 0.15) is 5.56 Å². The third kappa shape index (κ3) is 1.25. The number of aromatic nitrogens is 3. The number of hydrogen-bond donors (Lipinski definition) is 1. The van der Waals surface area contributed by atoms with Crippen LogP contribution < -0.4 is 0 Å². The molecule has 2 aromatic rings. The van der Waals surface area contributed by atoms with Crippen molar-refractivity contribution < 1.29 is 0 Å². The molecule has 0 atom stereocenters. The molecule has 0 fully saturated rings. The molecule has 0 aliphatic heterocycles. The van der Waals surface area contributed by atoms with Crippen molar-refractivity contribution in [3.63, 3.8) is 0 Å². The zero-order valence-corrected chi connectivity index (χ0v) is 7.47. The molecule has 0 amide bonds. The lowest BCUT2D eigenvalue weighted by atomic mass is 10.2. The predicted molar refractivity (Wildman–Crippen MR) is 51.4 cm³/mol. The van der Waals surface area contributed by atoms with Gasteiger partial charge in [-0.25, -0.2) is 9.97 Å². The second-order valence-corrected chi connectivity index (χ2v) is 2.94. The fourth-order valence-corrected chi connectivity index (χ4v) is 1.49. The van der Waals surface area contributed by atoms with E-state index in [1.165, 1.54) is 6.33 Å². The molecule has 0 saturated heterocycles. The van der Waals surface area contributed by atoms with E-state index < -0.39 is 0 Å². The van der Waals surface area contributed by atoms with Gasteiger partial charge in [-0.05, 0) is 5.56 Å². The van der Waals surface area contributed by atoms with Crippen molar-refractivity contribution in [1.29, 1.82) is 0 Å². The first-order valence-corrected chi connectivity index (χ1v) is 4.10. The molecule has 4 heteroatoms. The van der Waals surface area contributed by atoms with Gasteiger partial charge in [0.25, 0.3) is 0 Å². The summed E-state index contributed by atoms with van der Waals surface area (Å²) in [4.78, 5) is 10.9. The molecular formula is C9H6ClN3. The Kier molecular flexibility index (Phi) is 1.91. The van der Waals surface area contributed by atoms with Gasteiger partial charge in [0.15, 0.2) is 0 Å². The van der Waals surface area contributed by atoms with E-state index >= 15 is 0 Å². The Morgan fingerprint density at radius 1 is 1.54 bits per heavy atom. The van der Waals surface area contributed by atoms with Gasteiger partial charge in [0, 0.05) is 12.6 Å². The normalized spacial score (nSPS) is 10.2. The van der Waals surface area contributed by atoms with E-state index in [2.05, 4.69) is 20.9 Å². The van der Waals surface area contributed by atoms with Gasteiger partial charge >= 0.3 is 0 Å². The molecular weight excluding hydrogens is 186 g/mol. The Bertz CT molecular complexity index is 481. The Balaban J connectivity index is 2.73. The van der Waals surface area contributed by atoms with Crippen molar-refractivity contribution in [2.45, 2.75) is 6.42 Å². The van der Waals surface area contributed by atoms with Crippen LogP contribution in [0, 0.1) is 12.3 Å². The molecule has 0 bridgehead atoms. The fraction of sp³-hybridized carbons (Fsp3) is 0.111. The smallest absolute Gasteiger partial charge is 0.142 e. The first-order valence-electron chi connectivity index (χ1n) is 3.73. The van der Waals surface area contributed by atoms with E-state index in [9.17, 15) is 0 Å². The summed E-state index contributed by atoms with van der Waals surface area (Å²) in [7, 11) is 0. The average molecular weight is 192 g/mol. The Hall–Kier alpha value is -1.53. The number of H-pyrrole nitrogens is 1. The van der Waals surface area contributed by atoms with E-state index in [1.54, 1.807) is 0 Å². The van der Waals surface area contributed by atoms with Crippen molar-refractivity contribution in [3.05, 3.63) is 23.2 Å². The predicted octanol–water partition coefficient (Wildman–Crippen LogP) is 1.79. The van der Waals surface area contributed by atoms with Gasteiger partial charge in [-0.15, -0.1) is 12.3 Å². The lowest BCUT2D eigenvalue weighted by molar-refractivity contribution is 1.20. The van der Waals surface area contributed by atoms with Crippen LogP contribution >= 0.6 is 11.6 Å². The third-order valence-electron chi connectivity index (χ3n) is 1.80. The van der Waals surface area contributed by atoms with Crippen molar-refractivity contribution in [2.24, 2.45) is 0 Å². The van der Waals surface area contributed by atoms with Gasteiger partial charge in [0.05, 0.1) is 5.39 Å². The van der Waals surface area contributed by atoms with Crippen molar-refractivity contribution in [3.8, 4) is 12.3 Å². The maximum Gasteiger partial charge on any atom is 0.142 e. The van der Waals surface area contributed by atoms with Crippen LogP contribution in [0.15, 0.2) is 12.5 Å². The monoisotopic (exact) mass is 191 g/mol. The minimum absolute atomic E-state index is 0.441. The van der Waals surface area contributed by atoms with Crippen LogP contribution in [0.4, 0.5) is 0 Å². The number of fused-ring (bicyclic) bond motifs is 1. The fourth-order valence-electron chi connectivity index (χ4n) is 1.24. The largest absolute Gasteiger partial charge is 0.346 e. The molecule has 2 aromatic heterocycles. The maximum atomic E-state index is 5.90. The summed E-state index contributed by atoms with van der Waals surface area (Å²) in [5, 5.41) is 1.26. The molecule has 0 radical (unpaired) electrons. The number of terminal acetylenes is 1. The summed E-state index contributed by atoms with van der Waals surface area (Å²) in [5.74, 6) is 2.56. The minimum Gasteiger partial charge on any atom is -0.346 e. The van der Waals surface area contributed by atoms with Crippen molar-refractivity contribution in [1.82, 2.24) is 15.0 Å². The van der Waals surface area contributed by atoms with Gasteiger partial charge in [-0.3, -0.25) is 0 Å². The zero-order valence-electron chi connectivity index (χ0n) is 6.71. The summed E-state index contributed by atoms with van der Waals surface area (Å²) >= 11 is 5.90. The van der Waals surface area contributed by atoms with Gasteiger partial charge in [-0.2, -0.15) is 0 Å². The molecule has 13 heavy (non-hydrogen) atoms. The lowest BCUT2D eigenvalue weighted by Gasteiger charge is -1.93. The Morgan fingerprint density at radius 2 is 2.38 bits per heavy atom. The zero-order chi connectivity index (χ0) is 9.26. The molecule has 0 unspecified atom stereocenters. The third-order valence-corrected chi connectivity index (χ3v) is 2.08. The highest BCUT2D eigenvalue weighted by Gasteiger charge is 2.07. The number of hydrogen-bond acceptors (Lipinski definition) is 2. The second kappa shape index (κ2) is 3.08. The first kappa shape index (κ1) is 8.09. The van der Waals surface area contributed by atoms with Gasteiger partial charge < -0.3 is 4.98 Å². The Labute approximate surface area is 80.2 Å². The van der Waals surface area contributed by atoms with Gasteiger partial charge in [0.1, 0.15) is 17.1 Å². The molecule has 2 heterocycles. The number of nitrogens with zero attached hydrogens (tertiary/aromatic N) is 2. The highest BCUT2D eigenvalue weighted by atomic mass is 35.5. The molecule has 3 nitrogen and oxygen atoms in total. The van der Waals surface area contributed by atoms with Crippen LogP contribution in [0.5, 0.6) is 0 Å². The maximum absolute atomic E-state index is 5.90. The quantitative estimate of drug-likeness (QED) is 0.552. The highest BCUT2D eigenvalue weighted by Crippen LogP contribution is 2.22. The van der Waals surface area contributed by atoms with E-state index in [0.29, 0.717) is 11.6 Å². The number of nitrogens with one attached hydrogen (secondary N) is 1. The van der Waals surface area contributed by atoms with E-state index in [-0.39, 0.29) is 0 Å². The van der Waals surface area contributed by atoms with E-state index in [1.807, 2.05) is 6.20 Å². The van der Waals surface area contributed by atoms with E-state index in [4.69, 9.17) is 18.0 Å². The second-order valence-electron chi connectivity index (χ2n) is 2.58. The van der Waals surface area contributed by atoms with Crippen LogP contribution in [-0.4, -0.2) is 15.0 Å². The summed E-state index contributed by atoms with van der Waals surface area (Å²) in [5.41, 5.74) is 1.69. The SMILES string of the molecule is C#CCc1c[nH]c2ncnc(Cl)c12. The Morgan fingerprint density at radius 3 is 3.15 bits per heavy atom. The van der Waals surface area contributed by atoms with Crippen molar-refractivity contribution in [2.75, 3.05) is 0 Å². The molecule has 0 aliphatic rings. The summed E-state index contributed by atoms with van der Waals surface area (Å²) in [6.07, 6.45) is 8.98. The average Bonchev–Trinajstić information content (AvgIpc) is 2.51. The molecule has 0 aliphatic carbocycles. The van der Waals surface area contributed by atoms with Crippen LogP contribution in [0.2, 0.25) is 5.15 Å². The molecule has 1 N–H and O–H groups in total. The van der Waals surface area contributed by atoms with Crippen molar-refractivity contribution >= 4 is 22.6 Å². The molecule has 0 saturated carbocycles. The summed E-state index contributed by atoms with van der Waals surface area (Å²) in [6, 6.07) is 0.